The third-order valence-corrected chi connectivity index (χ3v) is 11.6. The van der Waals surface area contributed by atoms with Crippen LogP contribution in [0.5, 0.6) is 0 Å². The molecule has 7 heterocycles. The number of nitrogens with one attached hydrogen (secondary N) is 1. The molecule has 2 unspecified atom stereocenters. The predicted octanol–water partition coefficient (Wildman–Crippen LogP) is 2.48. The summed E-state index contributed by atoms with van der Waals surface area (Å²) in [6, 6.07) is -0.275. The summed E-state index contributed by atoms with van der Waals surface area (Å²) < 4.78 is 48.3. The molecule has 5 aromatic rings. The minimum Gasteiger partial charge on any atom is -0.429 e. The number of rotatable bonds is 2. The zero-order chi connectivity index (χ0) is 32.0. The molecular weight excluding hydrogens is 682 g/mol. The molecule has 2 saturated heterocycles. The van der Waals surface area contributed by atoms with Gasteiger partial charge in [-0.2, -0.15) is 0 Å². The Bertz CT molecular complexity index is 2190. The number of imidazole rings is 3. The van der Waals surface area contributed by atoms with Crippen molar-refractivity contribution < 1.29 is 32.3 Å². The fourth-order valence-corrected chi connectivity index (χ4v) is 9.23. The van der Waals surface area contributed by atoms with Crippen LogP contribution in [0.4, 0.5) is 5.82 Å². The van der Waals surface area contributed by atoms with Gasteiger partial charge in [0.1, 0.15) is 36.0 Å². The van der Waals surface area contributed by atoms with Crippen LogP contribution in [0.3, 0.4) is 0 Å². The number of hydrogen-bond donors (Lipinski definition) is 4. The lowest BCUT2D eigenvalue weighted by Gasteiger charge is -2.45. The number of hydrogen-bond acceptors (Lipinski definition) is 14. The highest BCUT2D eigenvalue weighted by Crippen LogP contribution is 2.60. The van der Waals surface area contributed by atoms with Crippen LogP contribution in [0, 0.1) is 11.8 Å². The molecule has 242 valence electrons. The van der Waals surface area contributed by atoms with Crippen LogP contribution in [0.25, 0.3) is 28.1 Å². The third kappa shape index (κ3) is 5.08. The van der Waals surface area contributed by atoms with Crippen molar-refractivity contribution in [1.82, 2.24) is 43.4 Å². The van der Waals surface area contributed by atoms with Crippen molar-refractivity contribution in [3.05, 3.63) is 54.1 Å². The Morgan fingerprint density at radius 3 is 2.74 bits per heavy atom. The van der Waals surface area contributed by atoms with E-state index in [9.17, 15) is 14.3 Å². The summed E-state index contributed by atoms with van der Waals surface area (Å²) in [7, 11) is 0. The first-order valence-electron chi connectivity index (χ1n) is 14.0. The van der Waals surface area contributed by atoms with Gasteiger partial charge in [0.25, 0.3) is 5.56 Å². The Hall–Kier alpha value is -3.19. The van der Waals surface area contributed by atoms with Crippen LogP contribution in [0.1, 0.15) is 25.1 Å². The number of allylic oxidation sites excluding steroid dienone is 1. The highest BCUT2D eigenvalue weighted by atomic mass is 32.7. The number of nitrogens with zero attached hydrogens (tertiary/aromatic N) is 8. The summed E-state index contributed by atoms with van der Waals surface area (Å²) in [5.41, 5.74) is 7.10. The molecule has 2 aliphatic heterocycles. The maximum absolute atomic E-state index is 13.6. The quantitative estimate of drug-likeness (QED) is 0.153. The summed E-state index contributed by atoms with van der Waals surface area (Å²) >= 11 is 9.64. The van der Waals surface area contributed by atoms with Gasteiger partial charge in [-0.05, 0) is 12.3 Å². The van der Waals surface area contributed by atoms with Crippen molar-refractivity contribution in [2.45, 2.75) is 37.3 Å². The Labute approximate surface area is 268 Å². The molecule has 0 spiro atoms. The molecule has 0 bridgehead atoms. The van der Waals surface area contributed by atoms with Gasteiger partial charge in [-0.3, -0.25) is 27.8 Å². The number of thiol groups is 1. The zero-order valence-electron chi connectivity index (χ0n) is 23.6. The Kier molecular flexibility index (Phi) is 7.17. The molecule has 0 radical (unpaired) electrons. The highest BCUT2D eigenvalue weighted by Gasteiger charge is 2.49. The number of fused-ring (bicyclic) bond motifs is 6. The van der Waals surface area contributed by atoms with E-state index in [4.69, 9.17) is 40.4 Å². The van der Waals surface area contributed by atoms with E-state index in [1.54, 1.807) is 21.5 Å². The Morgan fingerprint density at radius 1 is 1.09 bits per heavy atom. The minimum absolute atomic E-state index is 0.0293. The van der Waals surface area contributed by atoms with Crippen LogP contribution < -0.4 is 11.3 Å². The van der Waals surface area contributed by atoms with E-state index in [1.165, 1.54) is 18.9 Å². The summed E-state index contributed by atoms with van der Waals surface area (Å²) in [6.45, 7) is -4.12. The lowest BCUT2D eigenvalue weighted by Crippen LogP contribution is -2.42. The van der Waals surface area contributed by atoms with Gasteiger partial charge in [0.15, 0.2) is 22.6 Å². The topological polar surface area (TPSA) is 221 Å². The van der Waals surface area contributed by atoms with Crippen LogP contribution in [-0.2, 0) is 39.2 Å². The highest BCUT2D eigenvalue weighted by molar-refractivity contribution is 8.44. The molecule has 4 N–H and O–H groups in total. The van der Waals surface area contributed by atoms with E-state index in [-0.39, 0.29) is 48.7 Å². The van der Waals surface area contributed by atoms with Gasteiger partial charge < -0.3 is 29.0 Å². The summed E-state index contributed by atoms with van der Waals surface area (Å²) in [5.74, 6) is -0.0136. The third-order valence-electron chi connectivity index (χ3n) is 8.51. The maximum Gasteiger partial charge on any atom is 0.386 e. The van der Waals surface area contributed by atoms with Gasteiger partial charge >= 0.3 is 13.5 Å². The zero-order valence-corrected chi connectivity index (χ0v) is 27.1. The fraction of sp³-hybridized carbons (Fsp3) is 0.417. The lowest BCUT2D eigenvalue weighted by atomic mass is 9.68. The standard InChI is InChI=1S/C24H26N10O8P2S2/c1-11-17-12(4-13(17)33-9-29-18-20(25)27-8-28-21(18)33)6-38-44(37,46)42-14-5-16(40-15(14)7-39-43(36,45)41-11)34-10-30-19-22(35)31-24-26-2-3-32(24)23(19)34/h2-3,8-10,12-17H,1,4-7H2,(H,36,45)(H,37,46)(H2,25,27,28)(H,26,31,35)/t12-,13-,14+,15-,16-,17-,43?,44?/m1/s1. The normalized spacial score (nSPS) is 33.9. The minimum atomic E-state index is -3.96. The number of aromatic nitrogens is 9. The second-order valence-corrected chi connectivity index (χ2v) is 16.8. The van der Waals surface area contributed by atoms with Crippen LogP contribution in [0.2, 0.25) is 0 Å². The van der Waals surface area contributed by atoms with Crippen molar-refractivity contribution in [2.24, 2.45) is 11.8 Å². The van der Waals surface area contributed by atoms with Gasteiger partial charge in [-0.15, -0.1) is 0 Å². The molecule has 3 aliphatic rings. The molecule has 22 heteroatoms. The molecular formula is C24H26N10O8P2S2. The van der Waals surface area contributed by atoms with E-state index in [1.807, 2.05) is 4.57 Å². The molecule has 8 atom stereocenters. The first-order chi connectivity index (χ1) is 22.0. The average molecular weight is 709 g/mol. The van der Waals surface area contributed by atoms with E-state index in [0.29, 0.717) is 29.0 Å². The molecule has 18 nitrogen and oxygen atoms in total. The number of anilines is 1. The molecule has 5 aromatic heterocycles. The molecule has 1 aliphatic carbocycles. The SMILES string of the molecule is C=C1OP(O)(=S)OC[C@H]2O[C@@H](n3cnc4c(=O)[nH]c5nccn5c43)C[C@@H]2OP(=O)(S)OC[C@H]2C[C@@H](n3cnc4c(N)ncnc43)[C@H]12. The summed E-state index contributed by atoms with van der Waals surface area (Å²) in [6.07, 6.45) is 5.76. The Morgan fingerprint density at radius 2 is 1.89 bits per heavy atom. The second kappa shape index (κ2) is 10.9. The largest absolute Gasteiger partial charge is 0.429 e. The molecule has 1 saturated carbocycles. The number of aromatic amines is 1. The van der Waals surface area contributed by atoms with Crippen LogP contribution in [0.15, 0.2) is 48.5 Å². The average Bonchev–Trinajstić information content (AvgIpc) is 3.76. The molecule has 0 amide bonds. The van der Waals surface area contributed by atoms with Gasteiger partial charge in [-0.25, -0.2) is 29.5 Å². The first-order valence-corrected chi connectivity index (χ1v) is 19.3. The van der Waals surface area contributed by atoms with Crippen LogP contribution >= 0.6 is 25.8 Å². The summed E-state index contributed by atoms with van der Waals surface area (Å²) in [4.78, 5) is 47.5. The van der Waals surface area contributed by atoms with E-state index in [0.717, 1.165) is 0 Å². The lowest BCUT2D eigenvalue weighted by molar-refractivity contribution is -0.0373. The van der Waals surface area contributed by atoms with Crippen molar-refractivity contribution in [2.75, 3.05) is 18.9 Å². The van der Waals surface area contributed by atoms with Crippen molar-refractivity contribution >= 4 is 71.5 Å². The van der Waals surface area contributed by atoms with Crippen molar-refractivity contribution in [3.63, 3.8) is 0 Å². The molecule has 0 aromatic carbocycles. The number of nitrogens with two attached hydrogens (primary N) is 1. The monoisotopic (exact) mass is 708 g/mol. The maximum atomic E-state index is 13.6. The van der Waals surface area contributed by atoms with E-state index < -0.39 is 43.4 Å². The van der Waals surface area contributed by atoms with Gasteiger partial charge in [0.2, 0.25) is 5.78 Å². The van der Waals surface area contributed by atoms with Gasteiger partial charge in [-0.1, -0.05) is 18.8 Å². The predicted molar refractivity (Wildman–Crippen MR) is 168 cm³/mol. The smallest absolute Gasteiger partial charge is 0.386 e. The van der Waals surface area contributed by atoms with E-state index >= 15 is 0 Å². The second-order valence-electron chi connectivity index (χ2n) is 11.2. The van der Waals surface area contributed by atoms with Crippen molar-refractivity contribution in [3.8, 4) is 0 Å². The number of H-pyrrole nitrogens is 1. The molecule has 46 heavy (non-hydrogen) atoms. The molecule has 3 fully saturated rings. The summed E-state index contributed by atoms with van der Waals surface area (Å²) in [5, 5.41) is 0. The van der Waals surface area contributed by atoms with Crippen LogP contribution in [-0.4, -0.2) is 73.8 Å². The molecule has 8 rings (SSSR count). The van der Waals surface area contributed by atoms with Gasteiger partial charge in [0.05, 0.1) is 25.9 Å². The van der Waals surface area contributed by atoms with Crippen molar-refractivity contribution in [1.29, 1.82) is 0 Å². The van der Waals surface area contributed by atoms with Gasteiger partial charge in [0, 0.05) is 42.6 Å². The number of ether oxygens (including phenoxy) is 1. The van der Waals surface area contributed by atoms with E-state index in [2.05, 4.69) is 48.7 Å². The first kappa shape index (κ1) is 30.2. The number of nitrogen functional groups attached to an aromatic ring is 1. The Balaban J connectivity index is 1.07. The fourth-order valence-electron chi connectivity index (χ4n) is 6.39.